The Hall–Kier alpha value is -2.01. The fraction of sp³-hybridized carbons (Fsp3) is 0.312. The van der Waals surface area contributed by atoms with Crippen LogP contribution in [0.1, 0.15) is 28.8 Å². The zero-order valence-corrected chi connectivity index (χ0v) is 12.9. The lowest BCUT2D eigenvalue weighted by Gasteiger charge is -2.13. The normalized spacial score (nSPS) is 13.8. The number of H-pyrrole nitrogens is 2. The number of aryl methyl sites for hydroxylation is 3. The zero-order chi connectivity index (χ0) is 14.6. The lowest BCUT2D eigenvalue weighted by atomic mass is 9.97. The van der Waals surface area contributed by atoms with Crippen LogP contribution in [-0.2, 0) is 12.8 Å². The summed E-state index contributed by atoms with van der Waals surface area (Å²) in [7, 11) is 0. The van der Waals surface area contributed by atoms with E-state index in [0.29, 0.717) is 4.77 Å². The summed E-state index contributed by atoms with van der Waals surface area (Å²) in [5.74, 6) is 0.828. The van der Waals surface area contributed by atoms with Crippen LogP contribution in [0.15, 0.2) is 12.1 Å². The maximum Gasteiger partial charge on any atom is 0.213 e. The number of hydrogen-bond donors (Lipinski definition) is 2. The maximum atomic E-state index is 5.12. The van der Waals surface area contributed by atoms with Gasteiger partial charge in [0.25, 0.3) is 0 Å². The lowest BCUT2D eigenvalue weighted by molar-refractivity contribution is 0.901. The van der Waals surface area contributed by atoms with Gasteiger partial charge in [0.05, 0.1) is 5.52 Å². The Balaban J connectivity index is 2.17. The van der Waals surface area contributed by atoms with Crippen molar-refractivity contribution in [3.63, 3.8) is 0 Å². The van der Waals surface area contributed by atoms with Crippen LogP contribution in [0.4, 0.5) is 0 Å². The second kappa shape index (κ2) is 4.49. The molecule has 21 heavy (non-hydrogen) atoms. The number of benzene rings is 1. The summed E-state index contributed by atoms with van der Waals surface area (Å²) in [4.78, 5) is 9.37. The van der Waals surface area contributed by atoms with Crippen molar-refractivity contribution in [2.75, 3.05) is 0 Å². The van der Waals surface area contributed by atoms with E-state index in [9.17, 15) is 0 Å². The van der Waals surface area contributed by atoms with E-state index in [1.54, 1.807) is 0 Å². The Morgan fingerprint density at radius 1 is 1.10 bits per heavy atom. The minimum Gasteiger partial charge on any atom is -0.282 e. The first-order chi connectivity index (χ1) is 10.1. The quantitative estimate of drug-likeness (QED) is 0.672. The molecule has 0 fully saturated rings. The molecule has 106 valence electrons. The van der Waals surface area contributed by atoms with Crippen LogP contribution in [0.3, 0.4) is 0 Å². The minimum atomic E-state index is 0.491. The topological polar surface area (TPSA) is 57.4 Å². The first-order valence-electron chi connectivity index (χ1n) is 7.22. The number of pyridine rings is 1. The molecule has 0 atom stereocenters. The van der Waals surface area contributed by atoms with Gasteiger partial charge in [-0.1, -0.05) is 12.1 Å². The number of rotatable bonds is 1. The van der Waals surface area contributed by atoms with Crippen molar-refractivity contribution in [1.82, 2.24) is 20.2 Å². The zero-order valence-electron chi connectivity index (χ0n) is 12.1. The van der Waals surface area contributed by atoms with Crippen molar-refractivity contribution in [3.8, 4) is 11.4 Å². The molecular weight excluding hydrogens is 280 g/mol. The average Bonchev–Trinajstić information content (AvgIpc) is 3.09. The molecule has 0 spiro atoms. The van der Waals surface area contributed by atoms with Crippen LogP contribution < -0.4 is 0 Å². The number of hydrogen-bond acceptors (Lipinski definition) is 3. The van der Waals surface area contributed by atoms with Crippen LogP contribution in [0.2, 0.25) is 0 Å². The summed E-state index contributed by atoms with van der Waals surface area (Å²) in [6, 6.07) is 4.32. The van der Waals surface area contributed by atoms with E-state index < -0.39 is 0 Å². The molecule has 2 aromatic heterocycles. The number of fused-ring (bicyclic) bond motifs is 2. The Morgan fingerprint density at radius 3 is 2.71 bits per heavy atom. The molecule has 0 unspecified atom stereocenters. The third-order valence-corrected chi connectivity index (χ3v) is 4.64. The third kappa shape index (κ3) is 1.84. The molecule has 0 saturated carbocycles. The van der Waals surface area contributed by atoms with Crippen molar-refractivity contribution in [1.29, 1.82) is 0 Å². The number of aromatic nitrogens is 4. The molecule has 0 bridgehead atoms. The highest BCUT2D eigenvalue weighted by Crippen LogP contribution is 2.36. The molecule has 0 radical (unpaired) electrons. The van der Waals surface area contributed by atoms with E-state index >= 15 is 0 Å². The highest BCUT2D eigenvalue weighted by Gasteiger charge is 2.22. The molecule has 0 saturated heterocycles. The van der Waals surface area contributed by atoms with Crippen LogP contribution in [-0.4, -0.2) is 20.2 Å². The monoisotopic (exact) mass is 296 g/mol. The summed E-state index contributed by atoms with van der Waals surface area (Å²) in [5, 5.41) is 7.18. The van der Waals surface area contributed by atoms with E-state index in [-0.39, 0.29) is 0 Å². The summed E-state index contributed by atoms with van der Waals surface area (Å²) in [6.45, 7) is 4.27. The molecule has 5 heteroatoms. The molecule has 4 nitrogen and oxygen atoms in total. The van der Waals surface area contributed by atoms with Gasteiger partial charge in [-0.3, -0.25) is 15.2 Å². The Morgan fingerprint density at radius 2 is 1.95 bits per heavy atom. The summed E-state index contributed by atoms with van der Waals surface area (Å²) in [6.07, 6.45) is 3.28. The largest absolute Gasteiger partial charge is 0.282 e. The van der Waals surface area contributed by atoms with Crippen LogP contribution in [0.25, 0.3) is 22.3 Å². The van der Waals surface area contributed by atoms with E-state index in [2.05, 4.69) is 41.2 Å². The van der Waals surface area contributed by atoms with Gasteiger partial charge in [0.15, 0.2) is 5.82 Å². The fourth-order valence-electron chi connectivity index (χ4n) is 3.22. The molecule has 1 aliphatic carbocycles. The van der Waals surface area contributed by atoms with Crippen LogP contribution in [0.5, 0.6) is 0 Å². The maximum absolute atomic E-state index is 5.12. The molecule has 1 aromatic carbocycles. The second-order valence-electron chi connectivity index (χ2n) is 5.68. The standard InChI is InChI=1S/C16H16N4S/c1-8-6-7-11-13(15-18-16(21)20-19-15)10-4-3-5-12(10)17-14(11)9(8)2/h6-7H,3-5H2,1-2H3,(H2,18,19,20,21). The Labute approximate surface area is 127 Å². The van der Waals surface area contributed by atoms with Crippen molar-refractivity contribution in [2.24, 2.45) is 0 Å². The molecule has 3 aromatic rings. The second-order valence-corrected chi connectivity index (χ2v) is 6.07. The SMILES string of the molecule is Cc1ccc2c(-c3nc(=S)[nH][nH]3)c3c(nc2c1C)CCC3. The number of nitrogens with one attached hydrogen (secondary N) is 2. The summed E-state index contributed by atoms with van der Waals surface area (Å²) >= 11 is 5.12. The number of nitrogens with zero attached hydrogens (tertiary/aromatic N) is 2. The van der Waals surface area contributed by atoms with Gasteiger partial charge >= 0.3 is 0 Å². The highest BCUT2D eigenvalue weighted by molar-refractivity contribution is 7.71. The smallest absolute Gasteiger partial charge is 0.213 e. The average molecular weight is 296 g/mol. The molecule has 0 aliphatic heterocycles. The molecule has 2 N–H and O–H groups in total. The van der Waals surface area contributed by atoms with Gasteiger partial charge in [-0.25, -0.2) is 0 Å². The van der Waals surface area contributed by atoms with Crippen molar-refractivity contribution < 1.29 is 0 Å². The molecule has 0 amide bonds. The Kier molecular flexibility index (Phi) is 2.72. The molecule has 2 heterocycles. The van der Waals surface area contributed by atoms with E-state index in [0.717, 1.165) is 36.0 Å². The molecule has 4 rings (SSSR count). The predicted molar refractivity (Wildman–Crippen MR) is 86.0 cm³/mol. The lowest BCUT2D eigenvalue weighted by Crippen LogP contribution is -1.99. The van der Waals surface area contributed by atoms with E-state index in [1.807, 2.05) is 0 Å². The Bertz CT molecular complexity index is 920. The third-order valence-electron chi connectivity index (χ3n) is 4.45. The van der Waals surface area contributed by atoms with Gasteiger partial charge in [0.2, 0.25) is 4.77 Å². The first-order valence-corrected chi connectivity index (χ1v) is 7.62. The van der Waals surface area contributed by atoms with Crippen molar-refractivity contribution >= 4 is 23.1 Å². The van der Waals surface area contributed by atoms with E-state index in [1.165, 1.54) is 27.9 Å². The van der Waals surface area contributed by atoms with Crippen LogP contribution >= 0.6 is 12.2 Å². The molecule has 1 aliphatic rings. The van der Waals surface area contributed by atoms with Gasteiger partial charge < -0.3 is 0 Å². The first kappa shape index (κ1) is 12.7. The highest BCUT2D eigenvalue weighted by atomic mass is 32.1. The fourth-order valence-corrected chi connectivity index (χ4v) is 3.37. The molecular formula is C16H16N4S. The van der Waals surface area contributed by atoms with Crippen LogP contribution in [0, 0.1) is 18.6 Å². The van der Waals surface area contributed by atoms with Crippen molar-refractivity contribution in [2.45, 2.75) is 33.1 Å². The predicted octanol–water partition coefficient (Wildman–Crippen LogP) is 3.79. The number of aromatic amines is 2. The van der Waals surface area contributed by atoms with Gasteiger partial charge in [-0.05, 0) is 62.0 Å². The van der Waals surface area contributed by atoms with Gasteiger partial charge in [0, 0.05) is 16.6 Å². The van der Waals surface area contributed by atoms with Gasteiger partial charge in [-0.15, -0.1) is 0 Å². The van der Waals surface area contributed by atoms with E-state index in [4.69, 9.17) is 17.2 Å². The van der Waals surface area contributed by atoms with Gasteiger partial charge in [0.1, 0.15) is 0 Å². The van der Waals surface area contributed by atoms with Crippen molar-refractivity contribution in [3.05, 3.63) is 39.3 Å². The summed E-state index contributed by atoms with van der Waals surface area (Å²) in [5.41, 5.74) is 7.32. The van der Waals surface area contributed by atoms with Gasteiger partial charge in [-0.2, -0.15) is 4.98 Å². The summed E-state index contributed by atoms with van der Waals surface area (Å²) < 4.78 is 0.491. The minimum absolute atomic E-state index is 0.491.